The van der Waals surface area contributed by atoms with Gasteiger partial charge < -0.3 is 20.1 Å². The Morgan fingerprint density at radius 2 is 2.15 bits per heavy atom. The minimum absolute atomic E-state index is 0.000576. The minimum Gasteiger partial charge on any atom is -0.396 e. The van der Waals surface area contributed by atoms with E-state index in [1.54, 1.807) is 7.11 Å². The molecule has 1 heterocycles. The van der Waals surface area contributed by atoms with Crippen LogP contribution >= 0.6 is 0 Å². The van der Waals surface area contributed by atoms with Gasteiger partial charge in [0.05, 0.1) is 5.60 Å². The molecule has 2 aliphatic rings. The zero-order chi connectivity index (χ0) is 15.0. The lowest BCUT2D eigenvalue weighted by molar-refractivity contribution is -0.177. The lowest BCUT2D eigenvalue weighted by Gasteiger charge is -2.59. The zero-order valence-electron chi connectivity index (χ0n) is 13.1. The van der Waals surface area contributed by atoms with Gasteiger partial charge in [0.15, 0.2) is 0 Å². The molecular weight excluding hydrogens is 256 g/mol. The molecule has 1 saturated carbocycles. The number of hydrogen-bond donors (Lipinski definition) is 2. The molecule has 2 amide bonds. The predicted octanol–water partition coefficient (Wildman–Crippen LogP) is 1.60. The molecule has 0 aromatic carbocycles. The molecule has 5 heteroatoms. The van der Waals surface area contributed by atoms with Gasteiger partial charge in [0.2, 0.25) is 0 Å². The Kier molecular flexibility index (Phi) is 4.30. The van der Waals surface area contributed by atoms with Crippen molar-refractivity contribution in [2.24, 2.45) is 11.3 Å². The number of aliphatic hydroxyl groups is 1. The molecule has 0 aromatic heterocycles. The van der Waals surface area contributed by atoms with Crippen molar-refractivity contribution in [3.8, 4) is 0 Å². The average molecular weight is 284 g/mol. The number of methoxy groups -OCH3 is 1. The summed E-state index contributed by atoms with van der Waals surface area (Å²) in [5, 5.41) is 12.4. The Balaban J connectivity index is 1.90. The second kappa shape index (κ2) is 5.53. The first kappa shape index (κ1) is 15.6. The number of nitrogens with zero attached hydrogens (tertiary/aromatic N) is 1. The number of aliphatic hydroxyl groups excluding tert-OH is 1. The van der Waals surface area contributed by atoms with E-state index >= 15 is 0 Å². The molecule has 0 aromatic rings. The Bertz CT molecular complexity index is 372. The number of amides is 2. The highest BCUT2D eigenvalue weighted by atomic mass is 16.5. The summed E-state index contributed by atoms with van der Waals surface area (Å²) in [4.78, 5) is 14.2. The third-order valence-electron chi connectivity index (χ3n) is 5.64. The predicted molar refractivity (Wildman–Crippen MR) is 77.5 cm³/mol. The number of likely N-dealkylation sites (tertiary alicyclic amines) is 1. The molecule has 2 N–H and O–H groups in total. The van der Waals surface area contributed by atoms with Crippen LogP contribution in [0.4, 0.5) is 4.79 Å². The van der Waals surface area contributed by atoms with Gasteiger partial charge in [0.25, 0.3) is 0 Å². The summed E-state index contributed by atoms with van der Waals surface area (Å²) < 4.78 is 5.58. The Morgan fingerprint density at radius 3 is 2.70 bits per heavy atom. The third kappa shape index (κ3) is 2.53. The van der Waals surface area contributed by atoms with E-state index < -0.39 is 0 Å². The highest BCUT2D eigenvalue weighted by Crippen LogP contribution is 2.51. The van der Waals surface area contributed by atoms with E-state index in [1.807, 2.05) is 4.90 Å². The Hall–Kier alpha value is -0.810. The number of nitrogens with one attached hydrogen (secondary N) is 1. The molecule has 3 atom stereocenters. The van der Waals surface area contributed by atoms with Crippen LogP contribution in [0.25, 0.3) is 0 Å². The SMILES string of the molecule is CO[C@]1(C)C[C@@H](NC(=O)N2CCC[C@@H](CO)C2)C1(C)C. The van der Waals surface area contributed by atoms with Gasteiger partial charge in [-0.3, -0.25) is 0 Å². The van der Waals surface area contributed by atoms with Crippen LogP contribution in [0.1, 0.15) is 40.0 Å². The number of piperidine rings is 1. The summed E-state index contributed by atoms with van der Waals surface area (Å²) in [5.41, 5.74) is -0.232. The minimum atomic E-state index is -0.166. The van der Waals surface area contributed by atoms with Crippen LogP contribution in [-0.4, -0.2) is 54.5 Å². The maximum Gasteiger partial charge on any atom is 0.317 e. The smallest absolute Gasteiger partial charge is 0.317 e. The second-order valence-corrected chi connectivity index (χ2v) is 7.00. The summed E-state index contributed by atoms with van der Waals surface area (Å²) in [5.74, 6) is 0.230. The van der Waals surface area contributed by atoms with Crippen molar-refractivity contribution in [1.82, 2.24) is 10.2 Å². The van der Waals surface area contributed by atoms with E-state index in [0.29, 0.717) is 6.54 Å². The van der Waals surface area contributed by atoms with Crippen molar-refractivity contribution in [3.63, 3.8) is 0 Å². The summed E-state index contributed by atoms with van der Waals surface area (Å²) in [7, 11) is 1.73. The maximum absolute atomic E-state index is 12.3. The molecule has 1 aliphatic heterocycles. The number of hydrogen-bond acceptors (Lipinski definition) is 3. The molecular formula is C15H28N2O3. The lowest BCUT2D eigenvalue weighted by Crippen LogP contribution is -2.69. The topological polar surface area (TPSA) is 61.8 Å². The largest absolute Gasteiger partial charge is 0.396 e. The second-order valence-electron chi connectivity index (χ2n) is 7.00. The fourth-order valence-corrected chi connectivity index (χ4v) is 3.36. The molecule has 0 bridgehead atoms. The van der Waals surface area contributed by atoms with E-state index in [-0.39, 0.29) is 35.6 Å². The van der Waals surface area contributed by atoms with Crippen LogP contribution in [0.5, 0.6) is 0 Å². The fraction of sp³-hybridized carbons (Fsp3) is 0.933. The number of carbonyl (C=O) groups excluding carboxylic acids is 1. The first-order valence-electron chi connectivity index (χ1n) is 7.55. The monoisotopic (exact) mass is 284 g/mol. The lowest BCUT2D eigenvalue weighted by atomic mass is 9.56. The van der Waals surface area contributed by atoms with E-state index in [4.69, 9.17) is 4.74 Å². The Labute approximate surface area is 121 Å². The van der Waals surface area contributed by atoms with Crippen LogP contribution in [0.2, 0.25) is 0 Å². The molecule has 2 fully saturated rings. The number of urea groups is 1. The molecule has 2 rings (SSSR count). The van der Waals surface area contributed by atoms with Gasteiger partial charge in [0, 0.05) is 38.3 Å². The van der Waals surface area contributed by atoms with Gasteiger partial charge >= 0.3 is 6.03 Å². The van der Waals surface area contributed by atoms with Crippen LogP contribution in [0.15, 0.2) is 0 Å². The molecule has 0 unspecified atom stereocenters. The van der Waals surface area contributed by atoms with Crippen LogP contribution < -0.4 is 5.32 Å². The molecule has 1 saturated heterocycles. The maximum atomic E-state index is 12.3. The zero-order valence-corrected chi connectivity index (χ0v) is 13.1. The van der Waals surface area contributed by atoms with E-state index in [1.165, 1.54) is 0 Å². The van der Waals surface area contributed by atoms with Crippen LogP contribution in [0, 0.1) is 11.3 Å². The first-order valence-corrected chi connectivity index (χ1v) is 7.55. The Morgan fingerprint density at radius 1 is 1.45 bits per heavy atom. The molecule has 20 heavy (non-hydrogen) atoms. The van der Waals surface area contributed by atoms with Gasteiger partial charge in [-0.1, -0.05) is 13.8 Å². The van der Waals surface area contributed by atoms with Gasteiger partial charge in [-0.15, -0.1) is 0 Å². The fourth-order valence-electron chi connectivity index (χ4n) is 3.36. The van der Waals surface area contributed by atoms with Crippen molar-refractivity contribution in [3.05, 3.63) is 0 Å². The van der Waals surface area contributed by atoms with Crippen molar-refractivity contribution in [2.45, 2.75) is 51.7 Å². The molecule has 5 nitrogen and oxygen atoms in total. The summed E-state index contributed by atoms with van der Waals surface area (Å²) >= 11 is 0. The van der Waals surface area contributed by atoms with E-state index in [2.05, 4.69) is 26.1 Å². The van der Waals surface area contributed by atoms with Crippen LogP contribution in [0.3, 0.4) is 0 Å². The summed E-state index contributed by atoms with van der Waals surface area (Å²) in [6, 6.07) is 0.147. The highest BCUT2D eigenvalue weighted by molar-refractivity contribution is 5.75. The average Bonchev–Trinajstić information content (AvgIpc) is 2.46. The molecule has 1 aliphatic carbocycles. The summed E-state index contributed by atoms with van der Waals surface area (Å²) in [6.07, 6.45) is 2.83. The summed E-state index contributed by atoms with van der Waals surface area (Å²) in [6.45, 7) is 7.99. The first-order chi connectivity index (χ1) is 9.34. The van der Waals surface area contributed by atoms with E-state index in [0.717, 1.165) is 25.8 Å². The van der Waals surface area contributed by atoms with Crippen molar-refractivity contribution in [2.75, 3.05) is 26.8 Å². The van der Waals surface area contributed by atoms with Crippen LogP contribution in [-0.2, 0) is 4.74 Å². The van der Waals surface area contributed by atoms with Gasteiger partial charge in [0.1, 0.15) is 0 Å². The van der Waals surface area contributed by atoms with Gasteiger partial charge in [-0.05, 0) is 32.1 Å². The normalized spacial score (nSPS) is 36.4. The molecule has 116 valence electrons. The van der Waals surface area contributed by atoms with Gasteiger partial charge in [-0.2, -0.15) is 0 Å². The number of rotatable bonds is 3. The number of ether oxygens (including phenoxy) is 1. The quantitative estimate of drug-likeness (QED) is 0.827. The number of carbonyl (C=O) groups is 1. The van der Waals surface area contributed by atoms with E-state index in [9.17, 15) is 9.90 Å². The third-order valence-corrected chi connectivity index (χ3v) is 5.64. The van der Waals surface area contributed by atoms with Crippen molar-refractivity contribution < 1.29 is 14.6 Å². The molecule has 0 spiro atoms. The van der Waals surface area contributed by atoms with Crippen molar-refractivity contribution >= 4 is 6.03 Å². The standard InChI is InChI=1S/C15H28N2O3/c1-14(2)12(8-15(14,3)20-4)16-13(19)17-7-5-6-11(9-17)10-18/h11-12,18H,5-10H2,1-4H3,(H,16,19)/t11-,12-,15-/m1/s1. The highest BCUT2D eigenvalue weighted by Gasteiger charge is 2.58. The van der Waals surface area contributed by atoms with Gasteiger partial charge in [-0.25, -0.2) is 4.79 Å². The van der Waals surface area contributed by atoms with Crippen molar-refractivity contribution in [1.29, 1.82) is 0 Å². The molecule has 0 radical (unpaired) electrons.